The van der Waals surface area contributed by atoms with Gasteiger partial charge in [-0.25, -0.2) is 4.98 Å². The van der Waals surface area contributed by atoms with Crippen LogP contribution in [0.2, 0.25) is 5.02 Å². The number of nitrogens with two attached hydrogens (primary N) is 1. The van der Waals surface area contributed by atoms with E-state index in [1.807, 2.05) is 42.5 Å². The third-order valence-electron chi connectivity index (χ3n) is 6.08. The zero-order valence-corrected chi connectivity index (χ0v) is 18.4. The Morgan fingerprint density at radius 3 is 2.65 bits per heavy atom. The van der Waals surface area contributed by atoms with E-state index in [1.165, 1.54) is 0 Å². The first-order valence-corrected chi connectivity index (χ1v) is 12.3. The van der Waals surface area contributed by atoms with Gasteiger partial charge < -0.3 is 20.6 Å². The summed E-state index contributed by atoms with van der Waals surface area (Å²) in [4.78, 5) is 9.57. The van der Waals surface area contributed by atoms with Gasteiger partial charge in [0.2, 0.25) is 0 Å². The normalized spacial score (nSPS) is 24.2. The number of benzene rings is 2. The van der Waals surface area contributed by atoms with Gasteiger partial charge in [0.25, 0.3) is 0 Å². The molecule has 164 valence electrons. The van der Waals surface area contributed by atoms with Crippen LogP contribution in [-0.2, 0) is 6.54 Å². The zero-order chi connectivity index (χ0) is 21.8. The summed E-state index contributed by atoms with van der Waals surface area (Å²) in [5, 5.41) is 11.7. The zero-order valence-electron chi connectivity index (χ0n) is 16.9. The molecular weight excluding hydrogens is 436 g/mol. The molecule has 2 atom stereocenters. The lowest BCUT2D eigenvalue weighted by atomic mass is 10.1. The molecule has 1 aromatic heterocycles. The fourth-order valence-electron chi connectivity index (χ4n) is 4.40. The van der Waals surface area contributed by atoms with E-state index in [1.54, 1.807) is 6.07 Å². The van der Waals surface area contributed by atoms with Gasteiger partial charge in [0, 0.05) is 43.7 Å². The second-order valence-electron chi connectivity index (χ2n) is 8.17. The average Bonchev–Trinajstić information content (AvgIpc) is 3.01. The van der Waals surface area contributed by atoms with Gasteiger partial charge in [-0.2, -0.15) is 10.6 Å². The Morgan fingerprint density at radius 1 is 1.06 bits per heavy atom. The highest BCUT2D eigenvalue weighted by Gasteiger charge is 2.31. The molecule has 2 unspecified atom stereocenters. The Bertz CT molecular complexity index is 1130. The van der Waals surface area contributed by atoms with Gasteiger partial charge in [-0.15, -0.1) is 0 Å². The van der Waals surface area contributed by atoms with E-state index in [2.05, 4.69) is 9.80 Å². The second-order valence-corrected chi connectivity index (χ2v) is 10.8. The lowest BCUT2D eigenvalue weighted by Gasteiger charge is -2.32. The number of anilines is 2. The number of hydrogen-bond acceptors (Lipinski definition) is 7. The minimum atomic E-state index is -2.87. The van der Waals surface area contributed by atoms with Gasteiger partial charge in [-0.3, -0.25) is 9.11 Å². The standard InChI is InChI=1S/C22H25ClN4O3S/c23-16-6-3-5-15-18(27-12-17(24)19(28)13-27)10-21(25-22(15)16)26-8-9-31(29,30)20-7-2-1-4-14(20)11-26/h1-7,10,17,19,28-30H,8-9,11-13,24H2. The van der Waals surface area contributed by atoms with E-state index in [-0.39, 0.29) is 11.8 Å². The molecule has 7 nitrogen and oxygen atoms in total. The van der Waals surface area contributed by atoms with Crippen molar-refractivity contribution in [3.05, 3.63) is 59.1 Å². The number of aliphatic hydroxyl groups excluding tert-OH is 1. The lowest BCUT2D eigenvalue weighted by molar-refractivity contribution is 0.180. The van der Waals surface area contributed by atoms with Crippen LogP contribution in [0.4, 0.5) is 11.5 Å². The monoisotopic (exact) mass is 460 g/mol. The Balaban J connectivity index is 1.62. The molecule has 2 aliphatic heterocycles. The summed E-state index contributed by atoms with van der Waals surface area (Å²) in [6, 6.07) is 14.8. The summed E-state index contributed by atoms with van der Waals surface area (Å²) in [6.45, 7) is 1.93. The summed E-state index contributed by atoms with van der Waals surface area (Å²) in [6.07, 6.45) is -0.594. The minimum Gasteiger partial charge on any atom is -0.390 e. The van der Waals surface area contributed by atoms with Gasteiger partial charge in [0.1, 0.15) is 5.82 Å². The molecule has 0 radical (unpaired) electrons. The number of nitrogens with zero attached hydrogens (tertiary/aromatic N) is 3. The number of hydrogen-bond donors (Lipinski definition) is 4. The SMILES string of the molecule is NC1CN(c2cc(N3CCS(O)(O)c4ccccc4C3)nc3c(Cl)cccc23)CC1O. The highest BCUT2D eigenvalue weighted by molar-refractivity contribution is 8.24. The van der Waals surface area contributed by atoms with E-state index in [9.17, 15) is 14.2 Å². The summed E-state index contributed by atoms with van der Waals surface area (Å²) in [5.41, 5.74) is 8.54. The van der Waals surface area contributed by atoms with Crippen molar-refractivity contribution in [2.75, 3.05) is 35.2 Å². The minimum absolute atomic E-state index is 0.231. The first-order chi connectivity index (χ1) is 14.8. The molecule has 3 heterocycles. The molecule has 5 N–H and O–H groups in total. The fourth-order valence-corrected chi connectivity index (χ4v) is 6.16. The van der Waals surface area contributed by atoms with E-state index >= 15 is 0 Å². The molecule has 0 amide bonds. The molecule has 3 aromatic rings. The number of halogens is 1. The van der Waals surface area contributed by atoms with Crippen molar-refractivity contribution < 1.29 is 14.2 Å². The van der Waals surface area contributed by atoms with Crippen LogP contribution in [0.3, 0.4) is 0 Å². The van der Waals surface area contributed by atoms with E-state index in [0.717, 1.165) is 16.6 Å². The number of aliphatic hydroxyl groups is 1. The lowest BCUT2D eigenvalue weighted by Crippen LogP contribution is -2.32. The molecular formula is C22H25ClN4O3S. The molecule has 0 bridgehead atoms. The van der Waals surface area contributed by atoms with Crippen molar-refractivity contribution in [1.82, 2.24) is 4.98 Å². The van der Waals surface area contributed by atoms with Gasteiger partial charge in [0.15, 0.2) is 0 Å². The van der Waals surface area contributed by atoms with Crippen LogP contribution < -0.4 is 15.5 Å². The van der Waals surface area contributed by atoms with Gasteiger partial charge in [0.05, 0.1) is 33.0 Å². The average molecular weight is 461 g/mol. The van der Waals surface area contributed by atoms with Crippen LogP contribution in [0.25, 0.3) is 10.9 Å². The fraction of sp³-hybridized carbons (Fsp3) is 0.318. The maximum Gasteiger partial charge on any atom is 0.131 e. The molecule has 1 fully saturated rings. The van der Waals surface area contributed by atoms with Gasteiger partial charge in [-0.1, -0.05) is 41.9 Å². The molecule has 2 aromatic carbocycles. The number of para-hydroxylation sites is 1. The van der Waals surface area contributed by atoms with E-state index in [0.29, 0.717) is 47.4 Å². The highest BCUT2D eigenvalue weighted by atomic mass is 35.5. The number of rotatable bonds is 2. The molecule has 5 rings (SSSR count). The Hall–Kier alpha value is -2.07. The van der Waals surface area contributed by atoms with Crippen molar-refractivity contribution in [3.8, 4) is 0 Å². The maximum atomic E-state index is 10.7. The highest BCUT2D eigenvalue weighted by Crippen LogP contribution is 2.51. The molecule has 0 aliphatic carbocycles. The third kappa shape index (κ3) is 3.73. The number of β-amino-alcohol motifs (C(OH)–C–C–N with tert-alkyl or cyclic N) is 1. The summed E-state index contributed by atoms with van der Waals surface area (Å²) >= 11 is 6.51. The van der Waals surface area contributed by atoms with Crippen LogP contribution in [0, 0.1) is 0 Å². The Kier molecular flexibility index (Phi) is 5.24. The van der Waals surface area contributed by atoms with Crippen molar-refractivity contribution in [2.45, 2.75) is 23.6 Å². The van der Waals surface area contributed by atoms with Crippen LogP contribution in [-0.4, -0.2) is 56.7 Å². The quantitative estimate of drug-likeness (QED) is 0.463. The predicted molar refractivity (Wildman–Crippen MR) is 126 cm³/mol. The van der Waals surface area contributed by atoms with Gasteiger partial charge in [-0.05, 0) is 17.7 Å². The largest absolute Gasteiger partial charge is 0.390 e. The summed E-state index contributed by atoms with van der Waals surface area (Å²) in [7, 11) is -2.87. The Labute approximate surface area is 187 Å². The predicted octanol–water partition coefficient (Wildman–Crippen LogP) is 3.53. The third-order valence-corrected chi connectivity index (χ3v) is 8.24. The van der Waals surface area contributed by atoms with Gasteiger partial charge >= 0.3 is 0 Å². The molecule has 31 heavy (non-hydrogen) atoms. The first-order valence-electron chi connectivity index (χ1n) is 10.2. The molecule has 9 heteroatoms. The number of fused-ring (bicyclic) bond motifs is 2. The number of aromatic nitrogens is 1. The maximum absolute atomic E-state index is 10.7. The smallest absolute Gasteiger partial charge is 0.131 e. The van der Waals surface area contributed by atoms with Crippen LogP contribution in [0.1, 0.15) is 5.56 Å². The van der Waals surface area contributed by atoms with Crippen LogP contribution >= 0.6 is 22.2 Å². The van der Waals surface area contributed by atoms with Crippen molar-refractivity contribution in [3.63, 3.8) is 0 Å². The van der Waals surface area contributed by atoms with E-state index < -0.39 is 16.7 Å². The van der Waals surface area contributed by atoms with Crippen molar-refractivity contribution >= 4 is 44.6 Å². The molecule has 2 aliphatic rings. The summed E-state index contributed by atoms with van der Waals surface area (Å²) in [5.74, 6) is 0.937. The first kappa shape index (κ1) is 20.8. The summed E-state index contributed by atoms with van der Waals surface area (Å²) < 4.78 is 21.4. The van der Waals surface area contributed by atoms with Crippen molar-refractivity contribution in [1.29, 1.82) is 0 Å². The number of pyridine rings is 1. The van der Waals surface area contributed by atoms with E-state index in [4.69, 9.17) is 22.3 Å². The molecule has 0 spiro atoms. The molecule has 1 saturated heterocycles. The van der Waals surface area contributed by atoms with Crippen LogP contribution in [0.5, 0.6) is 0 Å². The topological polar surface area (TPSA) is 106 Å². The molecule has 0 saturated carbocycles. The Morgan fingerprint density at radius 2 is 1.87 bits per heavy atom. The van der Waals surface area contributed by atoms with Crippen LogP contribution in [0.15, 0.2) is 53.4 Å². The second kappa shape index (κ2) is 7.81. The van der Waals surface area contributed by atoms with Crippen molar-refractivity contribution in [2.24, 2.45) is 5.73 Å².